The molecule has 0 amide bonds. The summed E-state index contributed by atoms with van der Waals surface area (Å²) in [6, 6.07) is 11.2. The Morgan fingerprint density at radius 3 is 2.58 bits per heavy atom. The monoisotopic (exact) mass is 279 g/mol. The van der Waals surface area contributed by atoms with E-state index >= 15 is 0 Å². The Hall–Kier alpha value is -2.07. The molecule has 2 aromatic rings. The maximum Gasteiger partial charge on any atom is 0.330 e. The summed E-state index contributed by atoms with van der Waals surface area (Å²) in [5.74, 6) is -1.59. The van der Waals surface area contributed by atoms with Gasteiger partial charge in [0.25, 0.3) is 0 Å². The van der Waals surface area contributed by atoms with Crippen molar-refractivity contribution in [2.24, 2.45) is 0 Å². The average Bonchev–Trinajstić information content (AvgIpc) is 2.37. The van der Waals surface area contributed by atoms with Gasteiger partial charge in [0.2, 0.25) is 0 Å². The number of hydrogen-bond donors (Lipinski definition) is 2. The molecule has 19 heavy (non-hydrogen) atoms. The van der Waals surface area contributed by atoms with E-state index in [2.05, 4.69) is 5.32 Å². The van der Waals surface area contributed by atoms with Crippen LogP contribution in [0.25, 0.3) is 0 Å². The highest BCUT2D eigenvalue weighted by molar-refractivity contribution is 6.33. The van der Waals surface area contributed by atoms with Crippen molar-refractivity contribution in [3.8, 4) is 0 Å². The minimum Gasteiger partial charge on any atom is -0.479 e. The van der Waals surface area contributed by atoms with Crippen LogP contribution >= 0.6 is 11.6 Å². The molecule has 0 aliphatic heterocycles. The fourth-order valence-corrected chi connectivity index (χ4v) is 1.90. The van der Waals surface area contributed by atoms with Crippen LogP contribution in [-0.2, 0) is 4.79 Å². The number of hydrogen-bond acceptors (Lipinski definition) is 2. The molecule has 0 aromatic heterocycles. The molecule has 2 aromatic carbocycles. The van der Waals surface area contributed by atoms with Crippen LogP contribution in [0.1, 0.15) is 11.6 Å². The highest BCUT2D eigenvalue weighted by Crippen LogP contribution is 2.26. The first-order valence-electron chi connectivity index (χ1n) is 5.57. The third-order valence-electron chi connectivity index (χ3n) is 2.60. The molecule has 1 atom stereocenters. The molecule has 0 saturated carbocycles. The average molecular weight is 280 g/mol. The van der Waals surface area contributed by atoms with Crippen molar-refractivity contribution in [2.75, 3.05) is 5.32 Å². The van der Waals surface area contributed by atoms with Crippen molar-refractivity contribution >= 4 is 23.3 Å². The maximum atomic E-state index is 13.2. The van der Waals surface area contributed by atoms with Crippen molar-refractivity contribution in [3.63, 3.8) is 0 Å². The van der Waals surface area contributed by atoms with E-state index in [1.54, 1.807) is 30.3 Å². The lowest BCUT2D eigenvalue weighted by atomic mass is 10.1. The summed E-state index contributed by atoms with van der Waals surface area (Å²) in [6.45, 7) is 0. The van der Waals surface area contributed by atoms with Crippen LogP contribution < -0.4 is 5.32 Å². The molecule has 0 bridgehead atoms. The van der Waals surface area contributed by atoms with Gasteiger partial charge in [0.15, 0.2) is 6.04 Å². The summed E-state index contributed by atoms with van der Waals surface area (Å²) in [5.41, 5.74) is 0.813. The zero-order valence-corrected chi connectivity index (χ0v) is 10.6. The van der Waals surface area contributed by atoms with Crippen molar-refractivity contribution < 1.29 is 14.3 Å². The number of carboxylic acid groups (broad SMARTS) is 1. The van der Waals surface area contributed by atoms with Crippen LogP contribution in [0.5, 0.6) is 0 Å². The van der Waals surface area contributed by atoms with Crippen LogP contribution in [-0.4, -0.2) is 11.1 Å². The molecule has 2 rings (SSSR count). The number of carbonyl (C=O) groups is 1. The predicted molar refractivity (Wildman–Crippen MR) is 71.9 cm³/mol. The SMILES string of the molecule is O=C(O)C(Nc1ccccc1Cl)c1cccc(F)c1. The van der Waals surface area contributed by atoms with Gasteiger partial charge in [0.05, 0.1) is 10.7 Å². The summed E-state index contributed by atoms with van der Waals surface area (Å²) in [7, 11) is 0. The second-order valence-corrected chi connectivity index (χ2v) is 4.36. The number of aliphatic carboxylic acids is 1. The summed E-state index contributed by atoms with van der Waals surface area (Å²) in [5, 5.41) is 12.4. The van der Waals surface area contributed by atoms with Gasteiger partial charge in [0, 0.05) is 0 Å². The van der Waals surface area contributed by atoms with E-state index in [1.807, 2.05) is 0 Å². The van der Waals surface area contributed by atoms with E-state index < -0.39 is 17.8 Å². The van der Waals surface area contributed by atoms with Crippen molar-refractivity contribution in [3.05, 3.63) is 64.9 Å². The molecule has 5 heteroatoms. The Kier molecular flexibility index (Phi) is 4.02. The molecule has 0 saturated heterocycles. The van der Waals surface area contributed by atoms with E-state index in [0.717, 1.165) is 0 Å². The van der Waals surface area contributed by atoms with Gasteiger partial charge in [-0.25, -0.2) is 9.18 Å². The minimum atomic E-state index is -1.11. The number of halogens is 2. The number of anilines is 1. The summed E-state index contributed by atoms with van der Waals surface area (Å²) in [4.78, 5) is 11.3. The van der Waals surface area contributed by atoms with Crippen LogP contribution in [0.2, 0.25) is 5.02 Å². The Balaban J connectivity index is 2.32. The van der Waals surface area contributed by atoms with Crippen molar-refractivity contribution in [1.29, 1.82) is 0 Å². The minimum absolute atomic E-state index is 0.326. The fraction of sp³-hybridized carbons (Fsp3) is 0.0714. The Labute approximate surface area is 114 Å². The molecule has 0 radical (unpaired) electrons. The lowest BCUT2D eigenvalue weighted by Gasteiger charge is -2.17. The number of nitrogens with one attached hydrogen (secondary N) is 1. The Morgan fingerprint density at radius 1 is 1.21 bits per heavy atom. The topological polar surface area (TPSA) is 49.3 Å². The van der Waals surface area contributed by atoms with Crippen LogP contribution in [0, 0.1) is 5.82 Å². The smallest absolute Gasteiger partial charge is 0.330 e. The van der Waals surface area contributed by atoms with Gasteiger partial charge < -0.3 is 10.4 Å². The zero-order valence-electron chi connectivity index (χ0n) is 9.81. The van der Waals surface area contributed by atoms with E-state index in [1.165, 1.54) is 18.2 Å². The zero-order chi connectivity index (χ0) is 13.8. The summed E-state index contributed by atoms with van der Waals surface area (Å²) in [6.07, 6.45) is 0. The number of carboxylic acids is 1. The molecule has 0 aliphatic rings. The number of benzene rings is 2. The quantitative estimate of drug-likeness (QED) is 0.897. The van der Waals surface area contributed by atoms with Gasteiger partial charge in [-0.15, -0.1) is 0 Å². The van der Waals surface area contributed by atoms with Crippen LogP contribution in [0.4, 0.5) is 10.1 Å². The predicted octanol–water partition coefficient (Wildman–Crippen LogP) is 3.72. The molecule has 1 unspecified atom stereocenters. The molecule has 2 N–H and O–H groups in total. The van der Waals surface area contributed by atoms with Crippen molar-refractivity contribution in [1.82, 2.24) is 0 Å². The highest BCUT2D eigenvalue weighted by Gasteiger charge is 2.20. The Bertz CT molecular complexity index is 604. The fourth-order valence-electron chi connectivity index (χ4n) is 1.71. The lowest BCUT2D eigenvalue weighted by Crippen LogP contribution is -2.20. The molecular weight excluding hydrogens is 269 g/mol. The van der Waals surface area contributed by atoms with Gasteiger partial charge in [-0.1, -0.05) is 35.9 Å². The lowest BCUT2D eigenvalue weighted by molar-refractivity contribution is -0.138. The van der Waals surface area contributed by atoms with Gasteiger partial charge in [0.1, 0.15) is 5.82 Å². The highest BCUT2D eigenvalue weighted by atomic mass is 35.5. The molecule has 0 fully saturated rings. The van der Waals surface area contributed by atoms with E-state index in [-0.39, 0.29) is 0 Å². The van der Waals surface area contributed by atoms with E-state index in [9.17, 15) is 14.3 Å². The molecule has 0 spiro atoms. The van der Waals surface area contributed by atoms with Gasteiger partial charge in [-0.05, 0) is 29.8 Å². The first-order chi connectivity index (χ1) is 9.08. The standard InChI is InChI=1S/C14H11ClFNO2/c15-11-6-1-2-7-12(11)17-13(14(18)19)9-4-3-5-10(16)8-9/h1-8,13,17H,(H,18,19). The maximum absolute atomic E-state index is 13.2. The van der Waals surface area contributed by atoms with E-state index in [0.29, 0.717) is 16.3 Å². The molecule has 98 valence electrons. The third kappa shape index (κ3) is 3.23. The molecule has 3 nitrogen and oxygen atoms in total. The van der Waals surface area contributed by atoms with Crippen LogP contribution in [0.3, 0.4) is 0 Å². The summed E-state index contributed by atoms with van der Waals surface area (Å²) >= 11 is 5.96. The van der Waals surface area contributed by atoms with Gasteiger partial charge >= 0.3 is 5.97 Å². The Morgan fingerprint density at radius 2 is 1.95 bits per heavy atom. The van der Waals surface area contributed by atoms with Crippen LogP contribution in [0.15, 0.2) is 48.5 Å². The second-order valence-electron chi connectivity index (χ2n) is 3.95. The largest absolute Gasteiger partial charge is 0.479 e. The van der Waals surface area contributed by atoms with Crippen molar-refractivity contribution in [2.45, 2.75) is 6.04 Å². The number of para-hydroxylation sites is 1. The molecular formula is C14H11ClFNO2. The number of rotatable bonds is 4. The second kappa shape index (κ2) is 5.71. The first-order valence-corrected chi connectivity index (χ1v) is 5.95. The third-order valence-corrected chi connectivity index (χ3v) is 2.93. The normalized spacial score (nSPS) is 11.9. The van der Waals surface area contributed by atoms with Gasteiger partial charge in [-0.2, -0.15) is 0 Å². The first kappa shape index (κ1) is 13.4. The molecule has 0 heterocycles. The summed E-state index contributed by atoms with van der Waals surface area (Å²) < 4.78 is 13.2. The van der Waals surface area contributed by atoms with Gasteiger partial charge in [-0.3, -0.25) is 0 Å². The van der Waals surface area contributed by atoms with E-state index in [4.69, 9.17) is 11.6 Å². The molecule has 0 aliphatic carbocycles.